The molecule has 0 radical (unpaired) electrons. The zero-order chi connectivity index (χ0) is 12.8. The van der Waals surface area contributed by atoms with Gasteiger partial charge in [-0.3, -0.25) is 0 Å². The molecule has 3 aliphatic rings. The molecule has 0 aromatic carbocycles. The van der Waals surface area contributed by atoms with Crippen LogP contribution in [0.15, 0.2) is 43.8 Å². The predicted octanol–water partition coefficient (Wildman–Crippen LogP) is 5.31. The molecule has 1 heteroatoms. The van der Waals surface area contributed by atoms with Crippen molar-refractivity contribution in [3.05, 3.63) is 43.8 Å². The van der Waals surface area contributed by atoms with Gasteiger partial charge in [0, 0.05) is 0 Å². The summed E-state index contributed by atoms with van der Waals surface area (Å²) >= 11 is -0.515. The molecule has 18 heavy (non-hydrogen) atoms. The summed E-state index contributed by atoms with van der Waals surface area (Å²) in [6.07, 6.45) is 14.1. The Balaban J connectivity index is 1.91. The van der Waals surface area contributed by atoms with Gasteiger partial charge in [0.1, 0.15) is 0 Å². The van der Waals surface area contributed by atoms with Gasteiger partial charge in [0.2, 0.25) is 0 Å². The average Bonchev–Trinajstić information content (AvgIpc) is 2.84. The molecule has 0 saturated heterocycles. The molecule has 0 amide bonds. The first-order valence-electron chi connectivity index (χ1n) is 7.17. The number of rotatable bonds is 2. The Morgan fingerprint density at radius 3 is 2.67 bits per heavy atom. The van der Waals surface area contributed by atoms with Crippen LogP contribution in [0.2, 0.25) is 3.12 Å². The van der Waals surface area contributed by atoms with Gasteiger partial charge in [-0.05, 0) is 0 Å². The van der Waals surface area contributed by atoms with Crippen LogP contribution in [0, 0.1) is 0 Å². The molecule has 1 unspecified atom stereocenters. The van der Waals surface area contributed by atoms with Crippen LogP contribution in [0.4, 0.5) is 0 Å². The monoisotopic (exact) mass is 316 g/mol. The molecule has 3 rings (SSSR count). The summed E-state index contributed by atoms with van der Waals surface area (Å²) < 4.78 is 2.32. The van der Waals surface area contributed by atoms with E-state index in [1.165, 1.54) is 32.1 Å². The van der Waals surface area contributed by atoms with Crippen molar-refractivity contribution in [2.75, 3.05) is 0 Å². The van der Waals surface area contributed by atoms with E-state index in [1.807, 2.05) is 8.85 Å². The topological polar surface area (TPSA) is 0 Å². The normalized spacial score (nSPS) is 30.9. The van der Waals surface area contributed by atoms with Gasteiger partial charge in [-0.2, -0.15) is 0 Å². The molecule has 0 heterocycles. The number of hydrogen-bond donors (Lipinski definition) is 0. The number of hydrogen-bond acceptors (Lipinski definition) is 0. The summed E-state index contributed by atoms with van der Waals surface area (Å²) in [5.41, 5.74) is 6.77. The standard InChI is InChI=1S/C11H15.C6H7.Zr/c1-8-7-9(2)11-6-4-3-5-10(8)11;1-6-4-2-3-5-6;/h7H,3-6H2,1-2H3;2,4H,3H2,1H3;. The van der Waals surface area contributed by atoms with E-state index in [4.69, 9.17) is 0 Å². The van der Waals surface area contributed by atoms with Gasteiger partial charge >= 0.3 is 123 Å². The first kappa shape index (κ1) is 12.9. The van der Waals surface area contributed by atoms with Gasteiger partial charge in [0.15, 0.2) is 0 Å². The third kappa shape index (κ3) is 2.09. The second-order valence-corrected chi connectivity index (χ2v) is 10.7. The molecular formula is C17H22Zr. The number of allylic oxidation sites excluding steroid dienone is 8. The van der Waals surface area contributed by atoms with Crippen molar-refractivity contribution in [2.24, 2.45) is 0 Å². The summed E-state index contributed by atoms with van der Waals surface area (Å²) in [7, 11) is 0. The fourth-order valence-corrected chi connectivity index (χ4v) is 8.24. The third-order valence-corrected chi connectivity index (χ3v) is 9.24. The second kappa shape index (κ2) is 4.75. The zero-order valence-electron chi connectivity index (χ0n) is 11.8. The van der Waals surface area contributed by atoms with E-state index < -0.39 is 23.2 Å². The van der Waals surface area contributed by atoms with Crippen LogP contribution >= 0.6 is 0 Å². The summed E-state index contributed by atoms with van der Waals surface area (Å²) in [5, 5.41) is 0. The average molecular weight is 318 g/mol. The van der Waals surface area contributed by atoms with Crippen LogP contribution in [0.25, 0.3) is 0 Å². The minimum absolute atomic E-state index is 0.492. The quantitative estimate of drug-likeness (QED) is 0.647. The van der Waals surface area contributed by atoms with Crippen molar-refractivity contribution >= 4 is 0 Å². The molecule has 0 spiro atoms. The molecule has 0 nitrogen and oxygen atoms in total. The molecule has 0 bridgehead atoms. The Hall–Kier alpha value is -0.157. The molecular weight excluding hydrogens is 295 g/mol. The van der Waals surface area contributed by atoms with E-state index in [9.17, 15) is 0 Å². The molecule has 0 aliphatic heterocycles. The van der Waals surface area contributed by atoms with Crippen molar-refractivity contribution in [3.63, 3.8) is 0 Å². The van der Waals surface area contributed by atoms with E-state index in [1.54, 1.807) is 16.7 Å². The Morgan fingerprint density at radius 1 is 1.17 bits per heavy atom. The van der Waals surface area contributed by atoms with Crippen LogP contribution in [0.3, 0.4) is 0 Å². The van der Waals surface area contributed by atoms with Crippen LogP contribution < -0.4 is 0 Å². The maximum absolute atomic E-state index is 2.63. The summed E-state index contributed by atoms with van der Waals surface area (Å²) in [4.78, 5) is 0. The second-order valence-electron chi connectivity index (χ2n) is 6.09. The molecule has 1 atom stereocenters. The van der Waals surface area contributed by atoms with Crippen molar-refractivity contribution in [2.45, 2.75) is 56.0 Å². The molecule has 0 N–H and O–H groups in total. The fraction of sp³-hybridized carbons (Fsp3) is 0.529. The Morgan fingerprint density at radius 2 is 1.94 bits per heavy atom. The van der Waals surface area contributed by atoms with Gasteiger partial charge < -0.3 is 0 Å². The van der Waals surface area contributed by atoms with E-state index in [0.29, 0.717) is 3.12 Å². The van der Waals surface area contributed by atoms with Gasteiger partial charge in [0.25, 0.3) is 0 Å². The molecule has 94 valence electrons. The van der Waals surface area contributed by atoms with Crippen LogP contribution in [-0.2, 0) is 23.2 Å². The molecule has 3 aliphatic carbocycles. The molecule has 0 aromatic rings. The minimum atomic E-state index is -0.515. The van der Waals surface area contributed by atoms with Gasteiger partial charge in [-0.25, -0.2) is 0 Å². The van der Waals surface area contributed by atoms with Gasteiger partial charge in [-0.1, -0.05) is 0 Å². The van der Waals surface area contributed by atoms with E-state index in [-0.39, 0.29) is 0 Å². The van der Waals surface area contributed by atoms with E-state index in [0.717, 1.165) is 0 Å². The van der Waals surface area contributed by atoms with Crippen molar-refractivity contribution in [1.29, 1.82) is 0 Å². The molecule has 0 saturated carbocycles. The van der Waals surface area contributed by atoms with Crippen LogP contribution in [-0.4, -0.2) is 0 Å². The predicted molar refractivity (Wildman–Crippen MR) is 74.1 cm³/mol. The first-order valence-corrected chi connectivity index (χ1v) is 9.63. The van der Waals surface area contributed by atoms with Gasteiger partial charge in [-0.15, -0.1) is 0 Å². The molecule has 0 fully saturated rings. The summed E-state index contributed by atoms with van der Waals surface area (Å²) in [6, 6.07) is 0. The molecule has 0 aromatic heterocycles. The van der Waals surface area contributed by atoms with E-state index in [2.05, 4.69) is 39.0 Å². The maximum atomic E-state index is 2.63. The van der Waals surface area contributed by atoms with Crippen molar-refractivity contribution in [3.8, 4) is 0 Å². The first-order chi connectivity index (χ1) is 8.60. The Bertz CT molecular complexity index is 502. The van der Waals surface area contributed by atoms with Crippen LogP contribution in [0.5, 0.6) is 0 Å². The van der Waals surface area contributed by atoms with E-state index >= 15 is 0 Å². The summed E-state index contributed by atoms with van der Waals surface area (Å²) in [6.45, 7) is 7.19. The van der Waals surface area contributed by atoms with Gasteiger partial charge in [0.05, 0.1) is 0 Å². The van der Waals surface area contributed by atoms with Crippen LogP contribution in [0.1, 0.15) is 52.9 Å². The van der Waals surface area contributed by atoms with Crippen molar-refractivity contribution < 1.29 is 23.2 Å². The zero-order valence-corrected chi connectivity index (χ0v) is 14.2. The fourth-order valence-electron chi connectivity index (χ4n) is 3.71. The Kier molecular flexibility index (Phi) is 3.39. The van der Waals surface area contributed by atoms with Crippen molar-refractivity contribution in [1.82, 2.24) is 0 Å². The third-order valence-electron chi connectivity index (χ3n) is 4.65. The Labute approximate surface area is 122 Å². The summed E-state index contributed by atoms with van der Waals surface area (Å²) in [5.74, 6) is 0. The SMILES string of the molecule is CC1=C[C](C)([Zr][C]2=C(C)C=CC2)C2=C1CCCC2.